The second-order valence-corrected chi connectivity index (χ2v) is 5.18. The highest BCUT2D eigenvalue weighted by Crippen LogP contribution is 2.18. The van der Waals surface area contributed by atoms with Crippen LogP contribution in [-0.4, -0.2) is 52.9 Å². The molecule has 0 spiro atoms. The third-order valence-corrected chi connectivity index (χ3v) is 3.48. The number of para-hydroxylation sites is 1. The molecular weight excluding hydrogens is 258 g/mol. The zero-order valence-electron chi connectivity index (χ0n) is 11.7. The Morgan fingerprint density at radius 1 is 1.40 bits per heavy atom. The zero-order valence-corrected chi connectivity index (χ0v) is 11.7. The van der Waals surface area contributed by atoms with Crippen molar-refractivity contribution in [2.75, 3.05) is 19.7 Å². The molecule has 0 radical (unpaired) electrons. The van der Waals surface area contributed by atoms with E-state index in [1.165, 1.54) is 0 Å². The van der Waals surface area contributed by atoms with Gasteiger partial charge < -0.3 is 19.8 Å². The highest BCUT2D eigenvalue weighted by atomic mass is 16.5. The van der Waals surface area contributed by atoms with Gasteiger partial charge >= 0.3 is 0 Å². The van der Waals surface area contributed by atoms with Crippen LogP contribution in [0.4, 0.5) is 0 Å². The molecule has 1 aliphatic rings. The Bertz CT molecular complexity index is 463. The highest BCUT2D eigenvalue weighted by Gasteiger charge is 2.27. The van der Waals surface area contributed by atoms with E-state index in [1.54, 1.807) is 17.0 Å². The third-order valence-electron chi connectivity index (χ3n) is 3.48. The van der Waals surface area contributed by atoms with Crippen molar-refractivity contribution in [3.63, 3.8) is 0 Å². The van der Waals surface area contributed by atoms with Crippen molar-refractivity contribution >= 4 is 5.91 Å². The molecule has 5 heteroatoms. The number of nitrogens with zero attached hydrogens (tertiary/aromatic N) is 1. The molecule has 20 heavy (non-hydrogen) atoms. The Labute approximate surface area is 118 Å². The first kappa shape index (κ1) is 14.8. The number of morpholine rings is 1. The summed E-state index contributed by atoms with van der Waals surface area (Å²) in [7, 11) is 0. The van der Waals surface area contributed by atoms with Crippen LogP contribution in [0.15, 0.2) is 24.3 Å². The van der Waals surface area contributed by atoms with Crippen LogP contribution in [0, 0.1) is 0 Å². The molecule has 2 unspecified atom stereocenters. The maximum Gasteiger partial charge on any atom is 0.223 e. The number of aliphatic hydroxyl groups is 1. The molecule has 1 saturated heterocycles. The van der Waals surface area contributed by atoms with E-state index in [2.05, 4.69) is 0 Å². The predicted octanol–water partition coefficient (Wildman–Crippen LogP) is 0.933. The van der Waals surface area contributed by atoms with Crippen LogP contribution in [0.2, 0.25) is 0 Å². The Kier molecular flexibility index (Phi) is 4.98. The van der Waals surface area contributed by atoms with Crippen LogP contribution in [0.5, 0.6) is 5.75 Å². The van der Waals surface area contributed by atoms with E-state index in [1.807, 2.05) is 19.1 Å². The Morgan fingerprint density at radius 2 is 2.15 bits per heavy atom. The number of benzene rings is 1. The SMILES string of the molecule is CC1CN(C(=O)CCc2ccccc2O)CC(CO)O1. The Morgan fingerprint density at radius 3 is 2.85 bits per heavy atom. The number of ether oxygens (including phenoxy) is 1. The number of phenols is 1. The molecule has 0 aliphatic carbocycles. The zero-order chi connectivity index (χ0) is 14.5. The summed E-state index contributed by atoms with van der Waals surface area (Å²) in [6.45, 7) is 2.80. The Balaban J connectivity index is 1.90. The van der Waals surface area contributed by atoms with Crippen molar-refractivity contribution in [3.8, 4) is 5.75 Å². The molecule has 0 bridgehead atoms. The summed E-state index contributed by atoms with van der Waals surface area (Å²) in [5, 5.41) is 18.8. The quantitative estimate of drug-likeness (QED) is 0.860. The predicted molar refractivity (Wildman–Crippen MR) is 74.4 cm³/mol. The van der Waals surface area contributed by atoms with Crippen molar-refractivity contribution < 1.29 is 19.7 Å². The smallest absolute Gasteiger partial charge is 0.223 e. The largest absolute Gasteiger partial charge is 0.508 e. The number of carbonyl (C=O) groups is 1. The van der Waals surface area contributed by atoms with Gasteiger partial charge in [0, 0.05) is 19.5 Å². The average Bonchev–Trinajstić information content (AvgIpc) is 2.45. The molecule has 1 heterocycles. The van der Waals surface area contributed by atoms with E-state index < -0.39 is 0 Å². The molecule has 1 fully saturated rings. The van der Waals surface area contributed by atoms with Gasteiger partial charge in [0.25, 0.3) is 0 Å². The summed E-state index contributed by atoms with van der Waals surface area (Å²) in [5.74, 6) is 0.255. The molecule has 1 amide bonds. The number of rotatable bonds is 4. The van der Waals surface area contributed by atoms with Crippen molar-refractivity contribution in [2.45, 2.75) is 32.0 Å². The van der Waals surface area contributed by atoms with Crippen LogP contribution in [0.1, 0.15) is 18.9 Å². The van der Waals surface area contributed by atoms with E-state index in [9.17, 15) is 9.90 Å². The van der Waals surface area contributed by atoms with Crippen LogP contribution in [-0.2, 0) is 16.0 Å². The van der Waals surface area contributed by atoms with Gasteiger partial charge in [-0.15, -0.1) is 0 Å². The average molecular weight is 279 g/mol. The van der Waals surface area contributed by atoms with Crippen LogP contribution in [0.25, 0.3) is 0 Å². The topological polar surface area (TPSA) is 70.0 Å². The van der Waals surface area contributed by atoms with Crippen molar-refractivity contribution in [2.24, 2.45) is 0 Å². The number of hydrogen-bond donors (Lipinski definition) is 2. The number of aryl methyl sites for hydroxylation is 1. The molecule has 5 nitrogen and oxygen atoms in total. The minimum absolute atomic E-state index is 0.0295. The van der Waals surface area contributed by atoms with Gasteiger partial charge in [-0.25, -0.2) is 0 Å². The first-order chi connectivity index (χ1) is 9.60. The first-order valence-corrected chi connectivity index (χ1v) is 6.91. The fraction of sp³-hybridized carbons (Fsp3) is 0.533. The number of hydrogen-bond acceptors (Lipinski definition) is 4. The summed E-state index contributed by atoms with van der Waals surface area (Å²) in [6, 6.07) is 7.05. The van der Waals surface area contributed by atoms with Crippen LogP contribution < -0.4 is 0 Å². The van der Waals surface area contributed by atoms with Gasteiger partial charge in [0.2, 0.25) is 5.91 Å². The van der Waals surface area contributed by atoms with Gasteiger partial charge in [0.15, 0.2) is 0 Å². The summed E-state index contributed by atoms with van der Waals surface area (Å²) in [4.78, 5) is 13.9. The third kappa shape index (κ3) is 3.71. The summed E-state index contributed by atoms with van der Waals surface area (Å²) < 4.78 is 5.51. The van der Waals surface area contributed by atoms with E-state index in [-0.39, 0.29) is 30.5 Å². The lowest BCUT2D eigenvalue weighted by Crippen LogP contribution is -2.50. The molecule has 2 N–H and O–H groups in total. The lowest BCUT2D eigenvalue weighted by atomic mass is 10.1. The van der Waals surface area contributed by atoms with Crippen molar-refractivity contribution in [1.29, 1.82) is 0 Å². The monoisotopic (exact) mass is 279 g/mol. The van der Waals surface area contributed by atoms with Crippen LogP contribution >= 0.6 is 0 Å². The first-order valence-electron chi connectivity index (χ1n) is 6.91. The molecule has 0 saturated carbocycles. The number of carbonyl (C=O) groups excluding carboxylic acids is 1. The lowest BCUT2D eigenvalue weighted by molar-refractivity contribution is -0.147. The summed E-state index contributed by atoms with van der Waals surface area (Å²) >= 11 is 0. The minimum atomic E-state index is -0.298. The number of aromatic hydroxyl groups is 1. The van der Waals surface area contributed by atoms with Gasteiger partial charge in [0.05, 0.1) is 18.8 Å². The van der Waals surface area contributed by atoms with Crippen LogP contribution in [0.3, 0.4) is 0 Å². The summed E-state index contributed by atoms with van der Waals surface area (Å²) in [6.07, 6.45) is 0.506. The van der Waals surface area contributed by atoms with Gasteiger partial charge in [-0.3, -0.25) is 4.79 Å². The molecule has 110 valence electrons. The fourth-order valence-electron chi connectivity index (χ4n) is 2.47. The van der Waals surface area contributed by atoms with E-state index in [4.69, 9.17) is 9.84 Å². The van der Waals surface area contributed by atoms with Gasteiger partial charge in [-0.2, -0.15) is 0 Å². The lowest BCUT2D eigenvalue weighted by Gasteiger charge is -2.36. The van der Waals surface area contributed by atoms with E-state index in [0.29, 0.717) is 25.9 Å². The molecule has 2 atom stereocenters. The maximum atomic E-state index is 12.2. The Hall–Kier alpha value is -1.59. The molecule has 2 rings (SSSR count). The second-order valence-electron chi connectivity index (χ2n) is 5.18. The molecule has 1 aliphatic heterocycles. The van der Waals surface area contributed by atoms with Crippen molar-refractivity contribution in [3.05, 3.63) is 29.8 Å². The normalized spacial score (nSPS) is 22.8. The summed E-state index contributed by atoms with van der Waals surface area (Å²) in [5.41, 5.74) is 0.779. The standard InChI is InChI=1S/C15H21NO4/c1-11-8-16(9-13(10-17)20-11)15(19)7-6-12-4-2-3-5-14(12)18/h2-5,11,13,17-18H,6-10H2,1H3. The number of amides is 1. The van der Waals surface area contributed by atoms with E-state index >= 15 is 0 Å². The van der Waals surface area contributed by atoms with E-state index in [0.717, 1.165) is 5.56 Å². The maximum absolute atomic E-state index is 12.2. The molecule has 1 aromatic carbocycles. The van der Waals surface area contributed by atoms with Gasteiger partial charge in [-0.05, 0) is 25.0 Å². The number of aliphatic hydroxyl groups excluding tert-OH is 1. The highest BCUT2D eigenvalue weighted by molar-refractivity contribution is 5.76. The molecule has 0 aromatic heterocycles. The minimum Gasteiger partial charge on any atom is -0.508 e. The van der Waals surface area contributed by atoms with Gasteiger partial charge in [0.1, 0.15) is 5.75 Å². The molecular formula is C15H21NO4. The number of phenolic OH excluding ortho intramolecular Hbond substituents is 1. The molecule has 1 aromatic rings. The van der Waals surface area contributed by atoms with Crippen molar-refractivity contribution in [1.82, 2.24) is 4.90 Å². The second kappa shape index (κ2) is 6.72. The fourth-order valence-corrected chi connectivity index (χ4v) is 2.47. The van der Waals surface area contributed by atoms with Gasteiger partial charge in [-0.1, -0.05) is 18.2 Å².